The first-order chi connectivity index (χ1) is 8.88. The molecule has 0 N–H and O–H groups in total. The summed E-state index contributed by atoms with van der Waals surface area (Å²) in [4.78, 5) is 2.38. The molecular weight excluding hydrogens is 224 g/mol. The van der Waals surface area contributed by atoms with Crippen LogP contribution in [0.4, 0.5) is 0 Å². The van der Waals surface area contributed by atoms with Crippen LogP contribution in [0.3, 0.4) is 0 Å². The van der Waals surface area contributed by atoms with Gasteiger partial charge in [0, 0.05) is 25.4 Å². The van der Waals surface area contributed by atoms with Crippen LogP contribution in [-0.2, 0) is 0 Å². The molecule has 0 saturated carbocycles. The van der Waals surface area contributed by atoms with E-state index in [1.165, 1.54) is 12.8 Å². The van der Waals surface area contributed by atoms with Crippen molar-refractivity contribution in [3.8, 4) is 11.8 Å². The first-order valence-electron chi connectivity index (χ1n) is 6.65. The summed E-state index contributed by atoms with van der Waals surface area (Å²) >= 11 is 0. The van der Waals surface area contributed by atoms with Gasteiger partial charge in [-0.15, -0.1) is 0 Å². The lowest BCUT2D eigenvalue weighted by Gasteiger charge is -2.32. The Hall–Kier alpha value is -1.53. The number of rotatable bonds is 5. The molecule has 1 aliphatic rings. The second kappa shape index (κ2) is 7.03. The van der Waals surface area contributed by atoms with E-state index in [9.17, 15) is 0 Å². The van der Waals surface area contributed by atoms with E-state index in [4.69, 9.17) is 10.00 Å². The molecule has 1 saturated heterocycles. The van der Waals surface area contributed by atoms with Gasteiger partial charge in [-0.3, -0.25) is 0 Å². The number of piperidine rings is 1. The fraction of sp³-hybridized carbons (Fsp3) is 0.533. The summed E-state index contributed by atoms with van der Waals surface area (Å²) in [6.07, 6.45) is 3.08. The van der Waals surface area contributed by atoms with Crippen molar-refractivity contribution in [3.63, 3.8) is 0 Å². The van der Waals surface area contributed by atoms with Crippen LogP contribution in [0.15, 0.2) is 30.3 Å². The molecule has 0 aromatic heterocycles. The second-order valence-electron chi connectivity index (χ2n) is 4.84. The predicted octanol–water partition coefficient (Wildman–Crippen LogP) is 2.69. The molecule has 96 valence electrons. The van der Waals surface area contributed by atoms with Crippen molar-refractivity contribution in [1.82, 2.24) is 4.90 Å². The number of ether oxygens (including phenoxy) is 1. The van der Waals surface area contributed by atoms with Gasteiger partial charge in [-0.05, 0) is 31.5 Å². The van der Waals surface area contributed by atoms with Crippen LogP contribution in [0.25, 0.3) is 0 Å². The molecule has 1 aromatic carbocycles. The molecule has 1 fully saturated rings. The number of nitrogens with zero attached hydrogens (tertiary/aromatic N) is 2. The van der Waals surface area contributed by atoms with Gasteiger partial charge in [-0.2, -0.15) is 5.26 Å². The van der Waals surface area contributed by atoms with Gasteiger partial charge in [0.25, 0.3) is 0 Å². The van der Waals surface area contributed by atoms with Crippen molar-refractivity contribution in [2.45, 2.75) is 19.3 Å². The SMILES string of the molecule is N#CCCN1CCC[C@@H](COc2ccccc2)C1. The third kappa shape index (κ3) is 4.05. The molecule has 2 rings (SSSR count). The average molecular weight is 244 g/mol. The zero-order chi connectivity index (χ0) is 12.6. The molecule has 0 aliphatic carbocycles. The van der Waals surface area contributed by atoms with E-state index < -0.39 is 0 Å². The van der Waals surface area contributed by atoms with Crippen LogP contribution in [-0.4, -0.2) is 31.1 Å². The lowest BCUT2D eigenvalue weighted by molar-refractivity contribution is 0.132. The van der Waals surface area contributed by atoms with E-state index in [1.54, 1.807) is 0 Å². The van der Waals surface area contributed by atoms with Gasteiger partial charge >= 0.3 is 0 Å². The minimum atomic E-state index is 0.595. The Bertz CT molecular complexity index is 385. The molecule has 1 heterocycles. The zero-order valence-corrected chi connectivity index (χ0v) is 10.7. The van der Waals surface area contributed by atoms with E-state index in [-0.39, 0.29) is 0 Å². The Balaban J connectivity index is 1.74. The summed E-state index contributed by atoms with van der Waals surface area (Å²) in [7, 11) is 0. The van der Waals surface area contributed by atoms with Gasteiger partial charge in [-0.25, -0.2) is 0 Å². The molecule has 0 amide bonds. The maximum atomic E-state index is 8.61. The van der Waals surface area contributed by atoms with Crippen molar-refractivity contribution in [2.75, 3.05) is 26.2 Å². The Morgan fingerprint density at radius 1 is 1.33 bits per heavy atom. The van der Waals surface area contributed by atoms with Crippen LogP contribution in [0.5, 0.6) is 5.75 Å². The van der Waals surface area contributed by atoms with Gasteiger partial charge in [0.1, 0.15) is 5.75 Å². The Morgan fingerprint density at radius 3 is 2.94 bits per heavy atom. The monoisotopic (exact) mass is 244 g/mol. The zero-order valence-electron chi connectivity index (χ0n) is 10.7. The molecular formula is C15H20N2O. The maximum absolute atomic E-state index is 8.61. The van der Waals surface area contributed by atoms with Crippen molar-refractivity contribution < 1.29 is 4.74 Å². The Morgan fingerprint density at radius 2 is 2.17 bits per heavy atom. The van der Waals surface area contributed by atoms with Crippen LogP contribution < -0.4 is 4.74 Å². The highest BCUT2D eigenvalue weighted by molar-refractivity contribution is 5.20. The highest BCUT2D eigenvalue weighted by Gasteiger charge is 2.19. The van der Waals surface area contributed by atoms with Gasteiger partial charge in [0.2, 0.25) is 0 Å². The number of hydrogen-bond donors (Lipinski definition) is 0. The summed E-state index contributed by atoms with van der Waals surface area (Å²) in [5.74, 6) is 1.55. The molecule has 1 atom stereocenters. The highest BCUT2D eigenvalue weighted by Crippen LogP contribution is 2.18. The molecule has 3 heteroatoms. The third-order valence-electron chi connectivity index (χ3n) is 3.37. The molecule has 3 nitrogen and oxygen atoms in total. The van der Waals surface area contributed by atoms with Crippen molar-refractivity contribution in [1.29, 1.82) is 5.26 Å². The second-order valence-corrected chi connectivity index (χ2v) is 4.84. The highest BCUT2D eigenvalue weighted by atomic mass is 16.5. The molecule has 1 aromatic rings. The Labute approximate surface area is 109 Å². The first kappa shape index (κ1) is 12.9. The van der Waals surface area contributed by atoms with Crippen molar-refractivity contribution in [3.05, 3.63) is 30.3 Å². The summed E-state index contributed by atoms with van der Waals surface area (Å²) < 4.78 is 5.81. The topological polar surface area (TPSA) is 36.3 Å². The standard InChI is InChI=1S/C15H20N2O/c16-9-5-11-17-10-4-6-14(12-17)13-18-15-7-2-1-3-8-15/h1-3,7-8,14H,4-6,10-13H2/t14-/m1/s1. The summed E-state index contributed by atoms with van der Waals surface area (Å²) in [6.45, 7) is 3.88. The van der Waals surface area contributed by atoms with Crippen LogP contribution >= 0.6 is 0 Å². The summed E-state index contributed by atoms with van der Waals surface area (Å²) in [5, 5.41) is 8.61. The largest absolute Gasteiger partial charge is 0.493 e. The van der Waals surface area contributed by atoms with Crippen LogP contribution in [0.2, 0.25) is 0 Å². The van der Waals surface area contributed by atoms with E-state index in [1.807, 2.05) is 30.3 Å². The minimum Gasteiger partial charge on any atom is -0.493 e. The predicted molar refractivity (Wildman–Crippen MR) is 71.3 cm³/mol. The van der Waals surface area contributed by atoms with Gasteiger partial charge in [0.15, 0.2) is 0 Å². The fourth-order valence-electron chi connectivity index (χ4n) is 2.43. The molecule has 18 heavy (non-hydrogen) atoms. The number of nitriles is 1. The van der Waals surface area contributed by atoms with Gasteiger partial charge < -0.3 is 9.64 Å². The number of para-hydroxylation sites is 1. The smallest absolute Gasteiger partial charge is 0.119 e. The third-order valence-corrected chi connectivity index (χ3v) is 3.37. The normalized spacial score (nSPS) is 20.3. The van der Waals surface area contributed by atoms with Gasteiger partial charge in [-0.1, -0.05) is 18.2 Å². The minimum absolute atomic E-state index is 0.595. The number of likely N-dealkylation sites (tertiary alicyclic amines) is 1. The molecule has 0 unspecified atom stereocenters. The lowest BCUT2D eigenvalue weighted by atomic mass is 9.99. The molecule has 1 aliphatic heterocycles. The van der Waals surface area contributed by atoms with E-state index in [0.717, 1.165) is 32.0 Å². The Kier molecular flexibility index (Phi) is 5.04. The van der Waals surface area contributed by atoms with Crippen LogP contribution in [0, 0.1) is 17.2 Å². The first-order valence-corrected chi connectivity index (χ1v) is 6.65. The van der Waals surface area contributed by atoms with Crippen molar-refractivity contribution >= 4 is 0 Å². The van der Waals surface area contributed by atoms with E-state index in [0.29, 0.717) is 12.3 Å². The maximum Gasteiger partial charge on any atom is 0.119 e. The van der Waals surface area contributed by atoms with Crippen molar-refractivity contribution in [2.24, 2.45) is 5.92 Å². The number of hydrogen-bond acceptors (Lipinski definition) is 3. The molecule has 0 bridgehead atoms. The van der Waals surface area contributed by atoms with Crippen LogP contribution in [0.1, 0.15) is 19.3 Å². The molecule has 0 spiro atoms. The summed E-state index contributed by atoms with van der Waals surface area (Å²) in [6, 6.07) is 12.2. The number of benzene rings is 1. The average Bonchev–Trinajstić information content (AvgIpc) is 2.44. The quantitative estimate of drug-likeness (QED) is 0.799. The van der Waals surface area contributed by atoms with Gasteiger partial charge in [0.05, 0.1) is 12.7 Å². The summed E-state index contributed by atoms with van der Waals surface area (Å²) in [5.41, 5.74) is 0. The van der Waals surface area contributed by atoms with E-state index >= 15 is 0 Å². The fourth-order valence-corrected chi connectivity index (χ4v) is 2.43. The van der Waals surface area contributed by atoms with E-state index in [2.05, 4.69) is 11.0 Å². The lowest BCUT2D eigenvalue weighted by Crippen LogP contribution is -2.38. The molecule has 0 radical (unpaired) electrons.